The van der Waals surface area contributed by atoms with Crippen molar-refractivity contribution < 1.29 is 18.3 Å². The average Bonchev–Trinajstić information content (AvgIpc) is 2.15. The third kappa shape index (κ3) is 2.80. The average molecular weight is 243 g/mol. The summed E-state index contributed by atoms with van der Waals surface area (Å²) < 4.78 is 25.9. The van der Waals surface area contributed by atoms with Crippen molar-refractivity contribution in [3.8, 4) is 0 Å². The van der Waals surface area contributed by atoms with E-state index in [1.54, 1.807) is 13.8 Å². The molecule has 0 saturated heterocycles. The van der Waals surface area contributed by atoms with Gasteiger partial charge in [0.25, 0.3) is 0 Å². The van der Waals surface area contributed by atoms with Gasteiger partial charge in [0.1, 0.15) is 0 Å². The molecular formula is C10H13NO4S. The number of carbonyl (C=O) groups is 1. The summed E-state index contributed by atoms with van der Waals surface area (Å²) in [6.07, 6.45) is 0. The van der Waals surface area contributed by atoms with Crippen LogP contribution in [0.2, 0.25) is 0 Å². The van der Waals surface area contributed by atoms with Crippen LogP contribution in [0.15, 0.2) is 29.2 Å². The molecule has 0 atom stereocenters. The summed E-state index contributed by atoms with van der Waals surface area (Å²) in [6.45, 7) is 3.34. The fourth-order valence-electron chi connectivity index (χ4n) is 1.25. The molecule has 16 heavy (non-hydrogen) atoms. The zero-order valence-electron chi connectivity index (χ0n) is 8.97. The van der Waals surface area contributed by atoms with E-state index in [4.69, 9.17) is 5.11 Å². The Morgan fingerprint density at radius 1 is 1.31 bits per heavy atom. The van der Waals surface area contributed by atoms with Crippen molar-refractivity contribution in [3.63, 3.8) is 0 Å². The van der Waals surface area contributed by atoms with Gasteiger partial charge in [0, 0.05) is 6.04 Å². The van der Waals surface area contributed by atoms with Crippen LogP contribution in [0.5, 0.6) is 0 Å². The maximum absolute atomic E-state index is 11.8. The third-order valence-corrected chi connectivity index (χ3v) is 3.51. The molecule has 1 aromatic carbocycles. The molecule has 0 aliphatic rings. The fourth-order valence-corrected chi connectivity index (χ4v) is 2.70. The first-order valence-corrected chi connectivity index (χ1v) is 6.17. The van der Waals surface area contributed by atoms with Crippen molar-refractivity contribution in [2.45, 2.75) is 24.8 Å². The molecule has 1 aromatic rings. The normalized spacial score (nSPS) is 11.7. The van der Waals surface area contributed by atoms with Crippen LogP contribution in [0, 0.1) is 0 Å². The number of carboxylic acids is 1. The summed E-state index contributed by atoms with van der Waals surface area (Å²) in [7, 11) is -3.77. The highest BCUT2D eigenvalue weighted by Crippen LogP contribution is 2.15. The molecule has 0 spiro atoms. The Labute approximate surface area is 94.2 Å². The van der Waals surface area contributed by atoms with Gasteiger partial charge in [-0.1, -0.05) is 12.1 Å². The molecular weight excluding hydrogens is 230 g/mol. The lowest BCUT2D eigenvalue weighted by atomic mass is 10.2. The lowest BCUT2D eigenvalue weighted by Crippen LogP contribution is -2.31. The summed E-state index contributed by atoms with van der Waals surface area (Å²) in [5.74, 6) is -1.26. The highest BCUT2D eigenvalue weighted by molar-refractivity contribution is 7.89. The number of sulfonamides is 1. The molecule has 0 radical (unpaired) electrons. The molecule has 0 fully saturated rings. The summed E-state index contributed by atoms with van der Waals surface area (Å²) in [4.78, 5) is 10.7. The Morgan fingerprint density at radius 2 is 1.88 bits per heavy atom. The first kappa shape index (κ1) is 12.7. The monoisotopic (exact) mass is 243 g/mol. The van der Waals surface area contributed by atoms with Gasteiger partial charge in [-0.3, -0.25) is 0 Å². The van der Waals surface area contributed by atoms with E-state index in [1.165, 1.54) is 24.3 Å². The number of hydrogen-bond acceptors (Lipinski definition) is 3. The van der Waals surface area contributed by atoms with E-state index in [0.29, 0.717) is 0 Å². The zero-order chi connectivity index (χ0) is 12.3. The number of benzene rings is 1. The first-order chi connectivity index (χ1) is 7.34. The van der Waals surface area contributed by atoms with Crippen molar-refractivity contribution in [1.29, 1.82) is 0 Å². The second-order valence-corrected chi connectivity index (χ2v) is 5.26. The number of hydrogen-bond donors (Lipinski definition) is 2. The first-order valence-electron chi connectivity index (χ1n) is 4.69. The van der Waals surface area contributed by atoms with Crippen LogP contribution in [-0.4, -0.2) is 25.5 Å². The molecule has 2 N–H and O–H groups in total. The predicted octanol–water partition coefficient (Wildman–Crippen LogP) is 1.07. The minimum Gasteiger partial charge on any atom is -0.478 e. The van der Waals surface area contributed by atoms with Crippen LogP contribution in [0.1, 0.15) is 24.2 Å². The van der Waals surface area contributed by atoms with Crippen molar-refractivity contribution >= 4 is 16.0 Å². The SMILES string of the molecule is CC(C)NS(=O)(=O)c1ccccc1C(=O)O. The Bertz CT molecular complexity index is 493. The van der Waals surface area contributed by atoms with Crippen molar-refractivity contribution in [1.82, 2.24) is 4.72 Å². The van der Waals surface area contributed by atoms with Crippen LogP contribution in [0.25, 0.3) is 0 Å². The Kier molecular flexibility index (Phi) is 3.66. The van der Waals surface area contributed by atoms with E-state index >= 15 is 0 Å². The molecule has 5 nitrogen and oxygen atoms in total. The lowest BCUT2D eigenvalue weighted by molar-refractivity contribution is 0.0692. The van der Waals surface area contributed by atoms with Crippen LogP contribution in [0.3, 0.4) is 0 Å². The van der Waals surface area contributed by atoms with Gasteiger partial charge in [-0.25, -0.2) is 17.9 Å². The van der Waals surface area contributed by atoms with E-state index in [9.17, 15) is 13.2 Å². The van der Waals surface area contributed by atoms with Gasteiger partial charge >= 0.3 is 5.97 Å². The smallest absolute Gasteiger partial charge is 0.337 e. The third-order valence-electron chi connectivity index (χ3n) is 1.80. The molecule has 0 amide bonds. The van der Waals surface area contributed by atoms with Gasteiger partial charge < -0.3 is 5.11 Å². The zero-order valence-corrected chi connectivity index (χ0v) is 9.78. The summed E-state index contributed by atoms with van der Waals surface area (Å²) in [6, 6.07) is 5.22. The van der Waals surface area contributed by atoms with Gasteiger partial charge in [-0.2, -0.15) is 0 Å². The van der Waals surface area contributed by atoms with Crippen LogP contribution in [0.4, 0.5) is 0 Å². The van der Waals surface area contributed by atoms with E-state index in [0.717, 1.165) is 0 Å². The molecule has 0 aliphatic heterocycles. The highest BCUT2D eigenvalue weighted by Gasteiger charge is 2.21. The van der Waals surface area contributed by atoms with E-state index < -0.39 is 16.0 Å². The predicted molar refractivity (Wildman–Crippen MR) is 58.9 cm³/mol. The minimum absolute atomic E-state index is 0.212. The summed E-state index contributed by atoms with van der Waals surface area (Å²) >= 11 is 0. The van der Waals surface area contributed by atoms with Gasteiger partial charge in [0.2, 0.25) is 10.0 Å². The number of aromatic carboxylic acids is 1. The Morgan fingerprint density at radius 3 is 2.38 bits per heavy atom. The van der Waals surface area contributed by atoms with Crippen molar-refractivity contribution in [2.24, 2.45) is 0 Å². The van der Waals surface area contributed by atoms with Crippen LogP contribution in [-0.2, 0) is 10.0 Å². The quantitative estimate of drug-likeness (QED) is 0.828. The summed E-state index contributed by atoms with van der Waals surface area (Å²) in [5.41, 5.74) is -0.226. The van der Waals surface area contributed by atoms with Crippen LogP contribution < -0.4 is 4.72 Å². The molecule has 0 aromatic heterocycles. The van der Waals surface area contributed by atoms with E-state index in [2.05, 4.69) is 4.72 Å². The van der Waals surface area contributed by atoms with Gasteiger partial charge in [0.05, 0.1) is 10.5 Å². The standard InChI is InChI=1S/C10H13NO4S/c1-7(2)11-16(14,15)9-6-4-3-5-8(9)10(12)13/h3-7,11H,1-2H3,(H,12,13). The molecule has 1 rings (SSSR count). The largest absolute Gasteiger partial charge is 0.478 e. The molecule has 0 saturated carbocycles. The number of rotatable bonds is 4. The topological polar surface area (TPSA) is 83.5 Å². The fraction of sp³-hybridized carbons (Fsp3) is 0.300. The van der Waals surface area contributed by atoms with Gasteiger partial charge in [-0.05, 0) is 26.0 Å². The molecule has 0 unspecified atom stereocenters. The van der Waals surface area contributed by atoms with E-state index in [1.807, 2.05) is 0 Å². The lowest BCUT2D eigenvalue weighted by Gasteiger charge is -2.11. The van der Waals surface area contributed by atoms with E-state index in [-0.39, 0.29) is 16.5 Å². The maximum atomic E-state index is 11.8. The molecule has 0 heterocycles. The number of nitrogens with one attached hydrogen (secondary N) is 1. The molecule has 88 valence electrons. The molecule has 0 aliphatic carbocycles. The maximum Gasteiger partial charge on any atom is 0.337 e. The second kappa shape index (κ2) is 4.63. The highest BCUT2D eigenvalue weighted by atomic mass is 32.2. The van der Waals surface area contributed by atoms with Crippen molar-refractivity contribution in [3.05, 3.63) is 29.8 Å². The Hall–Kier alpha value is -1.40. The second-order valence-electron chi connectivity index (χ2n) is 3.58. The summed E-state index contributed by atoms with van der Waals surface area (Å²) in [5, 5.41) is 8.87. The van der Waals surface area contributed by atoms with Crippen molar-refractivity contribution in [2.75, 3.05) is 0 Å². The van der Waals surface area contributed by atoms with Gasteiger partial charge in [0.15, 0.2) is 0 Å². The van der Waals surface area contributed by atoms with Crippen LogP contribution >= 0.6 is 0 Å². The molecule has 6 heteroatoms. The minimum atomic E-state index is -3.77. The Balaban J connectivity index is 3.28. The molecule has 0 bridgehead atoms. The van der Waals surface area contributed by atoms with Gasteiger partial charge in [-0.15, -0.1) is 0 Å². The number of carboxylic acid groups (broad SMARTS) is 1.